The van der Waals surface area contributed by atoms with Crippen LogP contribution in [0.15, 0.2) is 18.2 Å². The van der Waals surface area contributed by atoms with E-state index >= 15 is 0 Å². The molecule has 1 aliphatic rings. The van der Waals surface area contributed by atoms with E-state index in [1.807, 2.05) is 25.1 Å². The summed E-state index contributed by atoms with van der Waals surface area (Å²) < 4.78 is 5.36. The van der Waals surface area contributed by atoms with Crippen LogP contribution in [0.25, 0.3) is 0 Å². The second-order valence-electron chi connectivity index (χ2n) is 5.48. The van der Waals surface area contributed by atoms with Gasteiger partial charge in [-0.1, -0.05) is 24.5 Å². The first-order chi connectivity index (χ1) is 9.20. The smallest absolute Gasteiger partial charge is 0.124 e. The maximum Gasteiger partial charge on any atom is 0.124 e. The third-order valence-corrected chi connectivity index (χ3v) is 3.87. The molecule has 0 aliphatic carbocycles. The summed E-state index contributed by atoms with van der Waals surface area (Å²) in [5, 5.41) is 10.5. The van der Waals surface area contributed by atoms with E-state index in [9.17, 15) is 5.11 Å². The van der Waals surface area contributed by atoms with Crippen molar-refractivity contribution < 1.29 is 9.84 Å². The molecule has 1 fully saturated rings. The van der Waals surface area contributed by atoms with Crippen molar-refractivity contribution in [3.05, 3.63) is 29.3 Å². The van der Waals surface area contributed by atoms with E-state index in [1.54, 1.807) is 7.11 Å². The van der Waals surface area contributed by atoms with Crippen LogP contribution in [-0.4, -0.2) is 36.8 Å². The fourth-order valence-corrected chi connectivity index (χ4v) is 2.78. The molecule has 1 unspecified atom stereocenters. The Morgan fingerprint density at radius 3 is 2.53 bits per heavy atom. The van der Waals surface area contributed by atoms with Crippen molar-refractivity contribution in [2.24, 2.45) is 0 Å². The summed E-state index contributed by atoms with van der Waals surface area (Å²) >= 11 is 0. The lowest BCUT2D eigenvalue weighted by Gasteiger charge is -2.24. The van der Waals surface area contributed by atoms with E-state index in [4.69, 9.17) is 4.74 Å². The van der Waals surface area contributed by atoms with E-state index in [0.29, 0.717) is 6.54 Å². The van der Waals surface area contributed by atoms with Gasteiger partial charge in [0.2, 0.25) is 0 Å². The maximum absolute atomic E-state index is 10.5. The topological polar surface area (TPSA) is 32.7 Å². The van der Waals surface area contributed by atoms with Crippen LogP contribution in [0.4, 0.5) is 0 Å². The number of aliphatic hydroxyl groups excluding tert-OH is 1. The molecule has 0 bridgehead atoms. The molecule has 0 saturated carbocycles. The molecule has 1 atom stereocenters. The van der Waals surface area contributed by atoms with Crippen LogP contribution in [0.1, 0.15) is 42.9 Å². The highest BCUT2D eigenvalue weighted by atomic mass is 16.5. The number of aliphatic hydroxyl groups is 1. The Kier molecular flexibility index (Phi) is 5.23. The van der Waals surface area contributed by atoms with Gasteiger partial charge in [0.1, 0.15) is 5.75 Å². The van der Waals surface area contributed by atoms with Gasteiger partial charge in [0.05, 0.1) is 13.2 Å². The Balaban J connectivity index is 2.05. The summed E-state index contributed by atoms with van der Waals surface area (Å²) in [7, 11) is 1.66. The van der Waals surface area contributed by atoms with Crippen LogP contribution in [0, 0.1) is 6.92 Å². The highest BCUT2D eigenvalue weighted by molar-refractivity contribution is 5.38. The molecule has 1 aliphatic heterocycles. The second kappa shape index (κ2) is 6.92. The molecule has 1 aromatic rings. The molecule has 0 radical (unpaired) electrons. The number of aryl methyl sites for hydroxylation is 1. The van der Waals surface area contributed by atoms with Crippen LogP contribution in [0.3, 0.4) is 0 Å². The summed E-state index contributed by atoms with van der Waals surface area (Å²) in [5.41, 5.74) is 2.07. The molecule has 0 amide bonds. The number of methoxy groups -OCH3 is 1. The first-order valence-electron chi connectivity index (χ1n) is 7.25. The van der Waals surface area contributed by atoms with E-state index in [1.165, 1.54) is 25.7 Å². The number of rotatable bonds is 4. The SMILES string of the molecule is COc1ccc(C)cc1C(O)CN1CCCCCC1. The third-order valence-electron chi connectivity index (χ3n) is 3.87. The Morgan fingerprint density at radius 1 is 1.21 bits per heavy atom. The molecule has 0 spiro atoms. The van der Waals surface area contributed by atoms with Gasteiger partial charge < -0.3 is 14.7 Å². The molecule has 0 aromatic heterocycles. The lowest BCUT2D eigenvalue weighted by molar-refractivity contribution is 0.112. The Labute approximate surface area is 116 Å². The number of β-amino-alcohol motifs (C(OH)–C–C–N with tert-alkyl or cyclic N) is 1. The molecule has 1 N–H and O–H groups in total. The zero-order chi connectivity index (χ0) is 13.7. The van der Waals surface area contributed by atoms with Crippen LogP contribution >= 0.6 is 0 Å². The van der Waals surface area contributed by atoms with E-state index in [-0.39, 0.29) is 0 Å². The number of likely N-dealkylation sites (tertiary alicyclic amines) is 1. The molecule has 1 aromatic carbocycles. The van der Waals surface area contributed by atoms with Crippen molar-refractivity contribution in [3.63, 3.8) is 0 Å². The first kappa shape index (κ1) is 14.4. The molecule has 1 heterocycles. The number of nitrogens with zero attached hydrogens (tertiary/aromatic N) is 1. The molecule has 2 rings (SSSR count). The standard InChI is InChI=1S/C16H25NO2/c1-13-7-8-16(19-2)14(11-13)15(18)12-17-9-5-3-4-6-10-17/h7-8,11,15,18H,3-6,9-10,12H2,1-2H3. The highest BCUT2D eigenvalue weighted by Gasteiger charge is 2.18. The van der Waals surface area contributed by atoms with Gasteiger partial charge in [-0.05, 0) is 45.0 Å². The van der Waals surface area contributed by atoms with Crippen molar-refractivity contribution in [2.45, 2.75) is 38.7 Å². The predicted octanol–water partition coefficient (Wildman–Crippen LogP) is 2.91. The summed E-state index contributed by atoms with van der Waals surface area (Å²) in [5.74, 6) is 0.785. The van der Waals surface area contributed by atoms with Crippen molar-refractivity contribution in [2.75, 3.05) is 26.7 Å². The van der Waals surface area contributed by atoms with Gasteiger partial charge in [-0.2, -0.15) is 0 Å². The van der Waals surface area contributed by atoms with Crippen molar-refractivity contribution in [1.29, 1.82) is 0 Å². The zero-order valence-electron chi connectivity index (χ0n) is 12.1. The quantitative estimate of drug-likeness (QED) is 0.906. The zero-order valence-corrected chi connectivity index (χ0v) is 12.1. The molecule has 1 saturated heterocycles. The van der Waals surface area contributed by atoms with Gasteiger partial charge in [0, 0.05) is 12.1 Å². The van der Waals surface area contributed by atoms with Gasteiger partial charge in [-0.25, -0.2) is 0 Å². The minimum atomic E-state index is -0.465. The molecule has 3 heteroatoms. The summed E-state index contributed by atoms with van der Waals surface area (Å²) in [6.07, 6.45) is 4.67. The minimum absolute atomic E-state index is 0.465. The molecule has 19 heavy (non-hydrogen) atoms. The second-order valence-corrected chi connectivity index (χ2v) is 5.48. The predicted molar refractivity (Wildman–Crippen MR) is 77.6 cm³/mol. The van der Waals surface area contributed by atoms with Gasteiger partial charge in [0.25, 0.3) is 0 Å². The number of ether oxygens (including phenoxy) is 1. The largest absolute Gasteiger partial charge is 0.496 e. The Morgan fingerprint density at radius 2 is 1.89 bits per heavy atom. The first-order valence-corrected chi connectivity index (χ1v) is 7.25. The average molecular weight is 263 g/mol. The van der Waals surface area contributed by atoms with Crippen LogP contribution in [-0.2, 0) is 0 Å². The van der Waals surface area contributed by atoms with Crippen molar-refractivity contribution >= 4 is 0 Å². The Bertz CT molecular complexity index is 398. The van der Waals surface area contributed by atoms with Gasteiger partial charge in [-0.3, -0.25) is 0 Å². The van der Waals surface area contributed by atoms with Crippen LogP contribution < -0.4 is 4.74 Å². The van der Waals surface area contributed by atoms with Crippen LogP contribution in [0.2, 0.25) is 0 Å². The monoisotopic (exact) mass is 263 g/mol. The van der Waals surface area contributed by atoms with Crippen molar-refractivity contribution in [1.82, 2.24) is 4.90 Å². The summed E-state index contributed by atoms with van der Waals surface area (Å²) in [6, 6.07) is 5.98. The minimum Gasteiger partial charge on any atom is -0.496 e. The molecular formula is C16H25NO2. The molecule has 3 nitrogen and oxygen atoms in total. The van der Waals surface area contributed by atoms with E-state index in [0.717, 1.165) is 30.0 Å². The van der Waals surface area contributed by atoms with Crippen LogP contribution in [0.5, 0.6) is 5.75 Å². The van der Waals surface area contributed by atoms with E-state index in [2.05, 4.69) is 4.90 Å². The fraction of sp³-hybridized carbons (Fsp3) is 0.625. The van der Waals surface area contributed by atoms with Gasteiger partial charge in [0.15, 0.2) is 0 Å². The van der Waals surface area contributed by atoms with E-state index < -0.39 is 6.10 Å². The Hall–Kier alpha value is -1.06. The summed E-state index contributed by atoms with van der Waals surface area (Å²) in [6.45, 7) is 4.96. The normalized spacial score (nSPS) is 18.9. The number of hydrogen-bond donors (Lipinski definition) is 1. The molecular weight excluding hydrogens is 238 g/mol. The summed E-state index contributed by atoms with van der Waals surface area (Å²) in [4.78, 5) is 2.37. The average Bonchev–Trinajstić information content (AvgIpc) is 2.67. The lowest BCUT2D eigenvalue weighted by atomic mass is 10.0. The highest BCUT2D eigenvalue weighted by Crippen LogP contribution is 2.27. The number of hydrogen-bond acceptors (Lipinski definition) is 3. The lowest BCUT2D eigenvalue weighted by Crippen LogP contribution is -2.29. The fourth-order valence-electron chi connectivity index (χ4n) is 2.78. The van der Waals surface area contributed by atoms with Gasteiger partial charge in [-0.15, -0.1) is 0 Å². The number of benzene rings is 1. The van der Waals surface area contributed by atoms with Crippen molar-refractivity contribution in [3.8, 4) is 5.75 Å². The third kappa shape index (κ3) is 3.95. The maximum atomic E-state index is 10.5. The van der Waals surface area contributed by atoms with Gasteiger partial charge >= 0.3 is 0 Å². The molecule has 106 valence electrons.